The third-order valence-corrected chi connectivity index (χ3v) is 6.37. The van der Waals surface area contributed by atoms with Crippen LogP contribution in [0.1, 0.15) is 23.7 Å². The summed E-state index contributed by atoms with van der Waals surface area (Å²) >= 11 is 6.57. The van der Waals surface area contributed by atoms with Crippen LogP contribution in [0.15, 0.2) is 48.5 Å². The summed E-state index contributed by atoms with van der Waals surface area (Å²) in [7, 11) is 3.98. The van der Waals surface area contributed by atoms with Gasteiger partial charge in [0.1, 0.15) is 6.17 Å². The summed E-state index contributed by atoms with van der Waals surface area (Å²) in [6.07, 6.45) is -0.327. The molecule has 1 aliphatic heterocycles. The molecule has 1 saturated heterocycles. The van der Waals surface area contributed by atoms with Crippen molar-refractivity contribution >= 4 is 40.2 Å². The number of nitrogens with zero attached hydrogens (tertiary/aromatic N) is 4. The molecule has 0 unspecified atom stereocenters. The Morgan fingerprint density at radius 3 is 2.54 bits per heavy atom. The Labute approximate surface area is 210 Å². The monoisotopic (exact) mass is 495 g/mol. The van der Waals surface area contributed by atoms with Crippen molar-refractivity contribution < 1.29 is 14.3 Å². The van der Waals surface area contributed by atoms with E-state index in [2.05, 4.69) is 0 Å². The van der Waals surface area contributed by atoms with Crippen molar-refractivity contribution in [3.05, 3.63) is 59.1 Å². The second-order valence-corrected chi connectivity index (χ2v) is 9.20. The van der Waals surface area contributed by atoms with Gasteiger partial charge in [0.05, 0.1) is 29.4 Å². The number of ether oxygens (including phenoxy) is 1. The molecule has 1 atom stereocenters. The number of pyridine rings is 1. The molecule has 0 radical (unpaired) electrons. The lowest BCUT2D eigenvalue weighted by Crippen LogP contribution is -2.60. The Kier molecular flexibility index (Phi) is 7.42. The molecular formula is C26H30ClN5O3. The molecule has 2 heterocycles. The van der Waals surface area contributed by atoms with Gasteiger partial charge < -0.3 is 20.3 Å². The third kappa shape index (κ3) is 5.33. The largest absolute Gasteiger partial charge is 0.449 e. The highest BCUT2D eigenvalue weighted by Gasteiger charge is 2.31. The van der Waals surface area contributed by atoms with Gasteiger partial charge in [-0.3, -0.25) is 9.69 Å². The second-order valence-electron chi connectivity index (χ2n) is 8.79. The number of anilines is 1. The van der Waals surface area contributed by atoms with Gasteiger partial charge in [-0.25, -0.2) is 9.78 Å². The van der Waals surface area contributed by atoms with Crippen molar-refractivity contribution in [1.29, 1.82) is 0 Å². The van der Waals surface area contributed by atoms with Crippen molar-refractivity contribution in [2.75, 3.05) is 45.2 Å². The van der Waals surface area contributed by atoms with E-state index in [1.807, 2.05) is 62.3 Å². The maximum Gasteiger partial charge on any atom is 0.411 e. The van der Waals surface area contributed by atoms with Gasteiger partial charge in [-0.1, -0.05) is 36.7 Å². The highest BCUT2D eigenvalue weighted by Crippen LogP contribution is 2.30. The van der Waals surface area contributed by atoms with E-state index in [1.54, 1.807) is 17.0 Å². The number of halogens is 1. The lowest BCUT2D eigenvalue weighted by Gasteiger charge is -2.38. The van der Waals surface area contributed by atoms with Gasteiger partial charge in [0.15, 0.2) is 0 Å². The fourth-order valence-corrected chi connectivity index (χ4v) is 4.34. The number of piperazine rings is 1. The molecule has 0 bridgehead atoms. The van der Waals surface area contributed by atoms with Crippen LogP contribution in [0.4, 0.5) is 10.5 Å². The fourth-order valence-electron chi connectivity index (χ4n) is 4.07. The fraction of sp³-hybridized carbons (Fsp3) is 0.346. The molecule has 0 saturated carbocycles. The predicted octanol–water partition coefficient (Wildman–Crippen LogP) is 4.21. The van der Waals surface area contributed by atoms with E-state index in [0.717, 1.165) is 28.8 Å². The van der Waals surface area contributed by atoms with Crippen molar-refractivity contribution in [1.82, 2.24) is 14.8 Å². The van der Waals surface area contributed by atoms with Crippen LogP contribution in [0.25, 0.3) is 22.2 Å². The summed E-state index contributed by atoms with van der Waals surface area (Å²) in [6, 6.07) is 15.2. The van der Waals surface area contributed by atoms with Gasteiger partial charge >= 0.3 is 6.09 Å². The van der Waals surface area contributed by atoms with Crippen LogP contribution in [0.3, 0.4) is 0 Å². The Hall–Kier alpha value is -3.36. The molecule has 4 rings (SSSR count). The van der Waals surface area contributed by atoms with Gasteiger partial charge in [-0.15, -0.1) is 0 Å². The Bertz CT molecular complexity index is 1230. The van der Waals surface area contributed by atoms with Crippen LogP contribution < -0.4 is 10.6 Å². The first kappa shape index (κ1) is 24.8. The molecule has 0 spiro atoms. The summed E-state index contributed by atoms with van der Waals surface area (Å²) in [6.45, 7) is 3.20. The first-order chi connectivity index (χ1) is 16.8. The van der Waals surface area contributed by atoms with Crippen molar-refractivity contribution in [3.63, 3.8) is 0 Å². The maximum atomic E-state index is 13.2. The molecule has 2 amide bonds. The lowest BCUT2D eigenvalue weighted by molar-refractivity contribution is 0.0390. The van der Waals surface area contributed by atoms with Gasteiger partial charge in [-0.2, -0.15) is 0 Å². The van der Waals surface area contributed by atoms with Crippen LogP contribution in [-0.4, -0.2) is 73.3 Å². The number of carbonyl (C=O) groups excluding carboxylic acids is 2. The zero-order valence-electron chi connectivity index (χ0n) is 20.2. The number of aromatic nitrogens is 1. The molecular weight excluding hydrogens is 466 g/mol. The number of hydrogen-bond donors (Lipinski definition) is 1. The van der Waals surface area contributed by atoms with E-state index in [4.69, 9.17) is 27.1 Å². The van der Waals surface area contributed by atoms with E-state index in [-0.39, 0.29) is 12.5 Å². The highest BCUT2D eigenvalue weighted by atomic mass is 35.5. The van der Waals surface area contributed by atoms with Gasteiger partial charge in [0, 0.05) is 49.4 Å². The number of amides is 2. The zero-order chi connectivity index (χ0) is 25.1. The van der Waals surface area contributed by atoms with Crippen molar-refractivity contribution in [2.24, 2.45) is 5.73 Å². The normalized spacial score (nSPS) is 15.9. The molecule has 8 nitrogen and oxygen atoms in total. The molecule has 2 N–H and O–H groups in total. The lowest BCUT2D eigenvalue weighted by atomic mass is 10.1. The minimum absolute atomic E-state index is 0.164. The second kappa shape index (κ2) is 10.5. The third-order valence-electron chi connectivity index (χ3n) is 6.06. The topological polar surface area (TPSA) is 92.0 Å². The number of fused-ring (bicyclic) bond motifs is 1. The molecule has 9 heteroatoms. The SMILES string of the molecule is CCCOC(=O)N1CCN(C(=O)c2ccc3c(Cl)cc(-c4ccc(N(C)C)cc4)nc3c2)C[C@H]1N. The Morgan fingerprint density at radius 1 is 1.14 bits per heavy atom. The van der Waals surface area contributed by atoms with Crippen LogP contribution in [0, 0.1) is 0 Å². The van der Waals surface area contributed by atoms with E-state index in [9.17, 15) is 9.59 Å². The summed E-state index contributed by atoms with van der Waals surface area (Å²) in [5, 5.41) is 1.35. The van der Waals surface area contributed by atoms with E-state index in [1.165, 1.54) is 4.90 Å². The van der Waals surface area contributed by atoms with Gasteiger partial charge in [0.2, 0.25) is 0 Å². The van der Waals surface area contributed by atoms with Crippen LogP contribution in [0.5, 0.6) is 0 Å². The quantitative estimate of drug-likeness (QED) is 0.570. The van der Waals surface area contributed by atoms with Crippen molar-refractivity contribution in [2.45, 2.75) is 19.5 Å². The van der Waals surface area contributed by atoms with Gasteiger partial charge in [-0.05, 0) is 36.8 Å². The van der Waals surface area contributed by atoms with E-state index < -0.39 is 12.3 Å². The highest BCUT2D eigenvalue weighted by molar-refractivity contribution is 6.35. The summed E-state index contributed by atoms with van der Waals surface area (Å²) < 4.78 is 5.19. The van der Waals surface area contributed by atoms with Crippen LogP contribution in [-0.2, 0) is 4.74 Å². The molecule has 1 fully saturated rings. The molecule has 3 aromatic rings. The molecule has 2 aromatic carbocycles. The smallest absolute Gasteiger partial charge is 0.411 e. The van der Waals surface area contributed by atoms with Crippen molar-refractivity contribution in [3.8, 4) is 11.3 Å². The molecule has 184 valence electrons. The molecule has 1 aliphatic rings. The standard InChI is InChI=1S/C26H30ClN5O3/c1-4-13-35-26(34)32-12-11-31(16-24(32)28)25(33)18-7-10-20-21(27)15-22(29-23(20)14-18)17-5-8-19(9-6-17)30(2)3/h5-10,14-15,24H,4,11-13,16,28H2,1-3H3/t24-/m0/s1. The maximum absolute atomic E-state index is 13.2. The first-order valence-electron chi connectivity index (χ1n) is 11.6. The number of hydrogen-bond acceptors (Lipinski definition) is 6. The number of benzene rings is 2. The average Bonchev–Trinajstić information content (AvgIpc) is 2.86. The van der Waals surface area contributed by atoms with Crippen LogP contribution >= 0.6 is 11.6 Å². The number of nitrogens with two attached hydrogens (primary N) is 1. The predicted molar refractivity (Wildman–Crippen MR) is 139 cm³/mol. The van der Waals surface area contributed by atoms with E-state index in [0.29, 0.717) is 35.8 Å². The zero-order valence-corrected chi connectivity index (χ0v) is 21.0. The Balaban J connectivity index is 1.55. The first-order valence-corrected chi connectivity index (χ1v) is 12.0. The summed E-state index contributed by atoms with van der Waals surface area (Å²) in [5.41, 5.74) is 10.1. The molecule has 0 aliphatic carbocycles. The minimum Gasteiger partial charge on any atom is -0.449 e. The van der Waals surface area contributed by atoms with E-state index >= 15 is 0 Å². The van der Waals surface area contributed by atoms with Gasteiger partial charge in [0.25, 0.3) is 5.91 Å². The Morgan fingerprint density at radius 2 is 1.89 bits per heavy atom. The number of rotatable bonds is 5. The average molecular weight is 496 g/mol. The molecule has 35 heavy (non-hydrogen) atoms. The minimum atomic E-state index is -0.623. The summed E-state index contributed by atoms with van der Waals surface area (Å²) in [5.74, 6) is -0.164. The number of carbonyl (C=O) groups is 2. The van der Waals surface area contributed by atoms with Crippen LogP contribution in [0.2, 0.25) is 5.02 Å². The summed E-state index contributed by atoms with van der Waals surface area (Å²) in [4.78, 5) is 35.4. The molecule has 1 aromatic heterocycles.